The van der Waals surface area contributed by atoms with Crippen LogP contribution in [-0.2, 0) is 4.74 Å². The zero-order chi connectivity index (χ0) is 23.0. The van der Waals surface area contributed by atoms with E-state index >= 15 is 0 Å². The molecule has 2 aromatic heterocycles. The molecule has 1 aromatic carbocycles. The van der Waals surface area contributed by atoms with Gasteiger partial charge in [-0.25, -0.2) is 19.1 Å². The van der Waals surface area contributed by atoms with Crippen molar-refractivity contribution in [3.05, 3.63) is 47.9 Å². The van der Waals surface area contributed by atoms with Crippen LogP contribution in [0.15, 0.2) is 36.5 Å². The molecule has 32 heavy (non-hydrogen) atoms. The molecule has 0 aliphatic carbocycles. The number of aryl methyl sites for hydroxylation is 1. The highest BCUT2D eigenvalue weighted by atomic mass is 16.6. The van der Waals surface area contributed by atoms with Crippen molar-refractivity contribution in [1.29, 1.82) is 0 Å². The summed E-state index contributed by atoms with van der Waals surface area (Å²) < 4.78 is 6.99. The maximum Gasteiger partial charge on any atom is 0.410 e. The molecule has 1 aliphatic heterocycles. The topological polar surface area (TPSA) is 100 Å². The second-order valence-corrected chi connectivity index (χ2v) is 8.88. The lowest BCUT2D eigenvalue weighted by molar-refractivity contribution is 0.0240. The fraction of sp³-hybridized carbons (Fsp3) is 0.391. The molecule has 0 atom stereocenters. The average Bonchev–Trinajstić information content (AvgIpc) is 3.12. The van der Waals surface area contributed by atoms with Gasteiger partial charge in [0.15, 0.2) is 11.3 Å². The second kappa shape index (κ2) is 8.14. The van der Waals surface area contributed by atoms with Gasteiger partial charge in [-0.2, -0.15) is 5.10 Å². The predicted molar refractivity (Wildman–Crippen MR) is 120 cm³/mol. The van der Waals surface area contributed by atoms with Gasteiger partial charge in [-0.1, -0.05) is 12.1 Å². The first-order valence-electron chi connectivity index (χ1n) is 10.5. The van der Waals surface area contributed by atoms with E-state index in [4.69, 9.17) is 4.74 Å². The number of nitrogens with zero attached hydrogens (tertiary/aromatic N) is 5. The SMILES string of the molecule is Cc1cnc2cc(-c3ccc(N4CCN(C(=O)OC(C)(C)C)CC4)cc3)c(C(=O)O)nn12. The molecular weight excluding hydrogens is 410 g/mol. The van der Waals surface area contributed by atoms with Crippen molar-refractivity contribution in [1.82, 2.24) is 19.5 Å². The van der Waals surface area contributed by atoms with E-state index in [0.717, 1.165) is 16.9 Å². The molecule has 1 amide bonds. The van der Waals surface area contributed by atoms with E-state index in [2.05, 4.69) is 15.0 Å². The number of anilines is 1. The highest BCUT2D eigenvalue weighted by molar-refractivity contribution is 5.94. The number of aromatic carboxylic acids is 1. The van der Waals surface area contributed by atoms with Crippen molar-refractivity contribution in [2.45, 2.75) is 33.3 Å². The Hall–Kier alpha value is -3.62. The number of carboxylic acid groups (broad SMARTS) is 1. The Kier molecular flexibility index (Phi) is 5.50. The molecule has 9 nitrogen and oxygen atoms in total. The summed E-state index contributed by atoms with van der Waals surface area (Å²) in [6.07, 6.45) is 1.38. The van der Waals surface area contributed by atoms with E-state index in [1.54, 1.807) is 17.2 Å². The smallest absolute Gasteiger partial charge is 0.410 e. The fourth-order valence-electron chi connectivity index (χ4n) is 3.73. The lowest BCUT2D eigenvalue weighted by Crippen LogP contribution is -2.50. The van der Waals surface area contributed by atoms with Crippen molar-refractivity contribution in [3.63, 3.8) is 0 Å². The average molecular weight is 438 g/mol. The maximum atomic E-state index is 12.3. The number of aromatic nitrogens is 3. The van der Waals surface area contributed by atoms with Gasteiger partial charge in [0.25, 0.3) is 0 Å². The number of amides is 1. The Morgan fingerprint density at radius 1 is 1.06 bits per heavy atom. The molecule has 9 heteroatoms. The van der Waals surface area contributed by atoms with Gasteiger partial charge in [0, 0.05) is 37.4 Å². The van der Waals surface area contributed by atoms with Crippen LogP contribution >= 0.6 is 0 Å². The zero-order valence-electron chi connectivity index (χ0n) is 18.7. The van der Waals surface area contributed by atoms with Crippen LogP contribution in [0.4, 0.5) is 10.5 Å². The quantitative estimate of drug-likeness (QED) is 0.670. The summed E-state index contributed by atoms with van der Waals surface area (Å²) in [6, 6.07) is 9.46. The lowest BCUT2D eigenvalue weighted by atomic mass is 10.0. The van der Waals surface area contributed by atoms with E-state index in [1.165, 1.54) is 4.52 Å². The molecule has 3 aromatic rings. The van der Waals surface area contributed by atoms with Gasteiger partial charge < -0.3 is 19.6 Å². The Bertz CT molecular complexity index is 1160. The number of rotatable bonds is 3. The van der Waals surface area contributed by atoms with Crippen LogP contribution < -0.4 is 4.90 Å². The summed E-state index contributed by atoms with van der Waals surface area (Å²) in [4.78, 5) is 32.3. The number of carboxylic acids is 1. The van der Waals surface area contributed by atoms with E-state index in [1.807, 2.05) is 52.0 Å². The van der Waals surface area contributed by atoms with E-state index < -0.39 is 11.6 Å². The van der Waals surface area contributed by atoms with Crippen LogP contribution in [0.3, 0.4) is 0 Å². The highest BCUT2D eigenvalue weighted by Crippen LogP contribution is 2.27. The largest absolute Gasteiger partial charge is 0.476 e. The maximum absolute atomic E-state index is 12.3. The van der Waals surface area contributed by atoms with Crippen molar-refractivity contribution in [2.24, 2.45) is 0 Å². The van der Waals surface area contributed by atoms with Crippen molar-refractivity contribution >= 4 is 23.4 Å². The normalized spacial score (nSPS) is 14.6. The molecule has 1 N–H and O–H groups in total. The third-order valence-corrected chi connectivity index (χ3v) is 5.34. The number of imidazole rings is 1. The monoisotopic (exact) mass is 437 g/mol. The number of fused-ring (bicyclic) bond motifs is 1. The molecule has 1 fully saturated rings. The molecule has 0 radical (unpaired) electrons. The van der Waals surface area contributed by atoms with Crippen molar-refractivity contribution in [3.8, 4) is 11.1 Å². The number of piperazine rings is 1. The Morgan fingerprint density at radius 3 is 2.31 bits per heavy atom. The summed E-state index contributed by atoms with van der Waals surface area (Å²) >= 11 is 0. The minimum Gasteiger partial charge on any atom is -0.476 e. The number of benzene rings is 1. The van der Waals surface area contributed by atoms with Crippen LogP contribution in [0.1, 0.15) is 37.0 Å². The van der Waals surface area contributed by atoms with Gasteiger partial charge >= 0.3 is 12.1 Å². The minimum absolute atomic E-state index is 0.0164. The van der Waals surface area contributed by atoms with Gasteiger partial charge in [-0.05, 0) is 51.5 Å². The minimum atomic E-state index is -1.09. The number of hydrogen-bond acceptors (Lipinski definition) is 6. The molecule has 168 valence electrons. The van der Waals surface area contributed by atoms with E-state index in [0.29, 0.717) is 37.4 Å². The summed E-state index contributed by atoms with van der Waals surface area (Å²) in [6.45, 7) is 9.97. The Morgan fingerprint density at radius 2 is 1.72 bits per heavy atom. The summed E-state index contributed by atoms with van der Waals surface area (Å²) in [7, 11) is 0. The van der Waals surface area contributed by atoms with Crippen LogP contribution in [-0.4, -0.2) is 68.4 Å². The predicted octanol–water partition coefficient (Wildman–Crippen LogP) is 3.46. The van der Waals surface area contributed by atoms with Crippen molar-refractivity contribution < 1.29 is 19.4 Å². The molecule has 0 bridgehead atoms. The number of carbonyl (C=O) groups is 2. The van der Waals surface area contributed by atoms with Crippen LogP contribution in [0, 0.1) is 6.92 Å². The third-order valence-electron chi connectivity index (χ3n) is 5.34. The second-order valence-electron chi connectivity index (χ2n) is 8.88. The zero-order valence-corrected chi connectivity index (χ0v) is 18.7. The number of hydrogen-bond donors (Lipinski definition) is 1. The van der Waals surface area contributed by atoms with Gasteiger partial charge in [-0.15, -0.1) is 0 Å². The van der Waals surface area contributed by atoms with E-state index in [-0.39, 0.29) is 11.8 Å². The summed E-state index contributed by atoms with van der Waals surface area (Å²) in [5.74, 6) is -1.09. The first kappa shape index (κ1) is 21.6. The van der Waals surface area contributed by atoms with Gasteiger partial charge in [-0.3, -0.25) is 0 Å². The molecule has 0 unspecified atom stereocenters. The first-order chi connectivity index (χ1) is 15.1. The number of ether oxygens (including phenoxy) is 1. The molecule has 1 aliphatic rings. The molecule has 0 spiro atoms. The molecule has 0 saturated carbocycles. The standard InChI is InChI=1S/C23H27N5O4/c1-15-14-24-19-13-18(20(21(29)30)25-28(15)19)16-5-7-17(8-6-16)26-9-11-27(12-10-26)22(31)32-23(2,3)4/h5-8,13-14H,9-12H2,1-4H3,(H,29,30). The highest BCUT2D eigenvalue weighted by Gasteiger charge is 2.26. The lowest BCUT2D eigenvalue weighted by Gasteiger charge is -2.36. The molecular formula is C23H27N5O4. The molecule has 4 rings (SSSR count). The first-order valence-corrected chi connectivity index (χ1v) is 10.5. The Balaban J connectivity index is 1.50. The fourth-order valence-corrected chi connectivity index (χ4v) is 3.73. The van der Waals surface area contributed by atoms with Gasteiger partial charge in [0.1, 0.15) is 5.60 Å². The van der Waals surface area contributed by atoms with Crippen LogP contribution in [0.2, 0.25) is 0 Å². The summed E-state index contributed by atoms with van der Waals surface area (Å²) in [5.41, 5.74) is 3.15. The number of carbonyl (C=O) groups excluding carboxylic acids is 1. The summed E-state index contributed by atoms with van der Waals surface area (Å²) in [5, 5.41) is 13.9. The van der Waals surface area contributed by atoms with Crippen LogP contribution in [0.25, 0.3) is 16.8 Å². The third kappa shape index (κ3) is 4.37. The molecule has 1 saturated heterocycles. The van der Waals surface area contributed by atoms with Crippen molar-refractivity contribution in [2.75, 3.05) is 31.1 Å². The van der Waals surface area contributed by atoms with Crippen LogP contribution in [0.5, 0.6) is 0 Å². The Labute approximate surface area is 186 Å². The van der Waals surface area contributed by atoms with Gasteiger partial charge in [0.05, 0.1) is 11.9 Å². The molecule has 3 heterocycles. The van der Waals surface area contributed by atoms with E-state index in [9.17, 15) is 14.7 Å². The van der Waals surface area contributed by atoms with Gasteiger partial charge in [0.2, 0.25) is 0 Å².